The summed E-state index contributed by atoms with van der Waals surface area (Å²) < 4.78 is 15.7. The number of carbonyl (C=O) groups excluding carboxylic acids is 1. The normalized spacial score (nSPS) is 11.8. The highest BCUT2D eigenvalue weighted by Gasteiger charge is 2.18. The Kier molecular flexibility index (Phi) is 6.99. The van der Waals surface area contributed by atoms with Gasteiger partial charge in [0, 0.05) is 11.8 Å². The zero-order valence-electron chi connectivity index (χ0n) is 14.1. The molecule has 1 unspecified atom stereocenters. The third-order valence-corrected chi connectivity index (χ3v) is 4.63. The highest BCUT2D eigenvalue weighted by atomic mass is 32.2. The van der Waals surface area contributed by atoms with Gasteiger partial charge in [0.15, 0.2) is 5.82 Å². The van der Waals surface area contributed by atoms with Gasteiger partial charge in [-0.25, -0.2) is 0 Å². The van der Waals surface area contributed by atoms with Crippen LogP contribution in [-0.4, -0.2) is 35.8 Å². The van der Waals surface area contributed by atoms with Crippen molar-refractivity contribution in [3.8, 4) is 11.5 Å². The first-order chi connectivity index (χ1) is 11.6. The van der Waals surface area contributed by atoms with E-state index >= 15 is 0 Å². The fourth-order valence-corrected chi connectivity index (χ4v) is 2.94. The Morgan fingerprint density at radius 2 is 2.04 bits per heavy atom. The van der Waals surface area contributed by atoms with E-state index in [-0.39, 0.29) is 11.2 Å². The van der Waals surface area contributed by atoms with Crippen LogP contribution in [-0.2, 0) is 4.79 Å². The van der Waals surface area contributed by atoms with Gasteiger partial charge < -0.3 is 19.3 Å². The molecule has 1 atom stereocenters. The molecule has 0 fully saturated rings. The molecule has 2 aromatic rings. The number of ether oxygens (including phenoxy) is 2. The molecule has 7 heteroatoms. The lowest BCUT2D eigenvalue weighted by molar-refractivity contribution is -0.115. The molecular formula is C17H22N2O4S. The van der Waals surface area contributed by atoms with E-state index in [1.54, 1.807) is 31.9 Å². The summed E-state index contributed by atoms with van der Waals surface area (Å²) in [6.45, 7) is 4.30. The number of nitrogens with zero attached hydrogens (tertiary/aromatic N) is 1. The minimum Gasteiger partial charge on any atom is -0.497 e. The maximum absolute atomic E-state index is 12.2. The SMILES string of the molecule is CCC(SCCOc1ccc(OC)cc1)C(=O)Nc1cc(C)on1. The van der Waals surface area contributed by atoms with E-state index in [0.717, 1.165) is 23.7 Å². The molecule has 0 aliphatic rings. The van der Waals surface area contributed by atoms with Gasteiger partial charge in [-0.05, 0) is 37.6 Å². The van der Waals surface area contributed by atoms with E-state index in [0.29, 0.717) is 18.2 Å². The number of methoxy groups -OCH3 is 1. The number of hydrogen-bond acceptors (Lipinski definition) is 6. The lowest BCUT2D eigenvalue weighted by Gasteiger charge is -2.14. The molecule has 1 aromatic carbocycles. The van der Waals surface area contributed by atoms with Crippen molar-refractivity contribution in [2.75, 3.05) is 24.8 Å². The number of nitrogens with one attached hydrogen (secondary N) is 1. The van der Waals surface area contributed by atoms with Gasteiger partial charge in [-0.1, -0.05) is 12.1 Å². The van der Waals surface area contributed by atoms with Crippen molar-refractivity contribution in [1.29, 1.82) is 0 Å². The van der Waals surface area contributed by atoms with E-state index in [1.807, 2.05) is 31.2 Å². The molecule has 24 heavy (non-hydrogen) atoms. The molecule has 6 nitrogen and oxygen atoms in total. The molecule has 0 spiro atoms. The summed E-state index contributed by atoms with van der Waals surface area (Å²) in [6.07, 6.45) is 0.732. The van der Waals surface area contributed by atoms with Crippen LogP contribution in [0, 0.1) is 6.92 Å². The van der Waals surface area contributed by atoms with Crippen molar-refractivity contribution < 1.29 is 18.8 Å². The van der Waals surface area contributed by atoms with E-state index in [4.69, 9.17) is 14.0 Å². The molecule has 0 saturated carbocycles. The number of rotatable bonds is 9. The van der Waals surface area contributed by atoms with Crippen molar-refractivity contribution in [1.82, 2.24) is 5.16 Å². The van der Waals surface area contributed by atoms with Gasteiger partial charge in [-0.2, -0.15) is 0 Å². The minimum atomic E-state index is -0.151. The molecule has 130 valence electrons. The Morgan fingerprint density at radius 3 is 2.62 bits per heavy atom. The second-order valence-corrected chi connectivity index (χ2v) is 6.41. The average Bonchev–Trinajstić information content (AvgIpc) is 3.00. The third-order valence-electron chi connectivity index (χ3n) is 3.27. The summed E-state index contributed by atoms with van der Waals surface area (Å²) in [6, 6.07) is 9.12. The van der Waals surface area contributed by atoms with Gasteiger partial charge in [0.2, 0.25) is 5.91 Å². The summed E-state index contributed by atoms with van der Waals surface area (Å²) in [4.78, 5) is 12.2. The van der Waals surface area contributed by atoms with Crippen molar-refractivity contribution >= 4 is 23.5 Å². The minimum absolute atomic E-state index is 0.0692. The Balaban J connectivity index is 1.73. The fourth-order valence-electron chi connectivity index (χ4n) is 2.03. The Morgan fingerprint density at radius 1 is 1.33 bits per heavy atom. The summed E-state index contributed by atoms with van der Waals surface area (Å²) >= 11 is 1.56. The van der Waals surface area contributed by atoms with Gasteiger partial charge in [-0.3, -0.25) is 4.79 Å². The van der Waals surface area contributed by atoms with Crippen molar-refractivity contribution in [2.24, 2.45) is 0 Å². The number of aryl methyl sites for hydroxylation is 1. The van der Waals surface area contributed by atoms with Crippen LogP contribution in [0.25, 0.3) is 0 Å². The largest absolute Gasteiger partial charge is 0.497 e. The number of hydrogen-bond donors (Lipinski definition) is 1. The number of aromatic nitrogens is 1. The molecule has 1 heterocycles. The third kappa shape index (κ3) is 5.49. The monoisotopic (exact) mass is 350 g/mol. The van der Waals surface area contributed by atoms with Crippen LogP contribution >= 0.6 is 11.8 Å². The van der Waals surface area contributed by atoms with Crippen molar-refractivity contribution in [2.45, 2.75) is 25.5 Å². The predicted octanol–water partition coefficient (Wildman–Crippen LogP) is 3.52. The molecule has 0 aliphatic carbocycles. The Labute approximate surface area is 145 Å². The molecule has 1 N–H and O–H groups in total. The number of carbonyl (C=O) groups is 1. The first-order valence-corrected chi connectivity index (χ1v) is 8.80. The van der Waals surface area contributed by atoms with E-state index < -0.39 is 0 Å². The maximum Gasteiger partial charge on any atom is 0.238 e. The Bertz CT molecular complexity index is 642. The van der Waals surface area contributed by atoms with Gasteiger partial charge in [0.1, 0.15) is 17.3 Å². The van der Waals surface area contributed by atoms with Gasteiger partial charge >= 0.3 is 0 Å². The van der Waals surface area contributed by atoms with E-state index in [2.05, 4.69) is 10.5 Å². The van der Waals surface area contributed by atoms with Crippen LogP contribution in [0.5, 0.6) is 11.5 Å². The first kappa shape index (κ1) is 18.2. The molecule has 1 amide bonds. The van der Waals surface area contributed by atoms with Crippen LogP contribution in [0.1, 0.15) is 19.1 Å². The quantitative estimate of drug-likeness (QED) is 0.698. The molecule has 1 aromatic heterocycles. The van der Waals surface area contributed by atoms with Gasteiger partial charge in [0.25, 0.3) is 0 Å². The second kappa shape index (κ2) is 9.22. The molecule has 0 saturated heterocycles. The lowest BCUT2D eigenvalue weighted by Crippen LogP contribution is -2.25. The van der Waals surface area contributed by atoms with Crippen LogP contribution in [0.15, 0.2) is 34.9 Å². The smallest absolute Gasteiger partial charge is 0.238 e. The zero-order chi connectivity index (χ0) is 17.4. The molecular weight excluding hydrogens is 328 g/mol. The zero-order valence-corrected chi connectivity index (χ0v) is 14.9. The summed E-state index contributed by atoms with van der Waals surface area (Å²) in [5.74, 6) is 3.34. The highest BCUT2D eigenvalue weighted by Crippen LogP contribution is 2.20. The summed E-state index contributed by atoms with van der Waals surface area (Å²) in [7, 11) is 1.63. The number of anilines is 1. The first-order valence-electron chi connectivity index (χ1n) is 7.75. The summed E-state index contributed by atoms with van der Waals surface area (Å²) in [5.41, 5.74) is 0. The number of benzene rings is 1. The van der Waals surface area contributed by atoms with Crippen LogP contribution < -0.4 is 14.8 Å². The molecule has 0 bridgehead atoms. The van der Waals surface area contributed by atoms with Gasteiger partial charge in [-0.15, -0.1) is 11.8 Å². The molecule has 0 radical (unpaired) electrons. The average molecular weight is 350 g/mol. The summed E-state index contributed by atoms with van der Waals surface area (Å²) in [5, 5.41) is 6.39. The van der Waals surface area contributed by atoms with Crippen LogP contribution in [0.4, 0.5) is 5.82 Å². The van der Waals surface area contributed by atoms with Crippen LogP contribution in [0.3, 0.4) is 0 Å². The molecule has 2 rings (SSSR count). The van der Waals surface area contributed by atoms with E-state index in [1.165, 1.54) is 0 Å². The predicted molar refractivity (Wildman–Crippen MR) is 94.9 cm³/mol. The van der Waals surface area contributed by atoms with E-state index in [9.17, 15) is 4.79 Å². The standard InChI is InChI=1S/C17H22N2O4S/c1-4-15(17(20)18-16-11-12(2)23-19-16)24-10-9-22-14-7-5-13(21-3)6-8-14/h5-8,11,15H,4,9-10H2,1-3H3,(H,18,19,20). The van der Waals surface area contributed by atoms with Crippen molar-refractivity contribution in [3.63, 3.8) is 0 Å². The highest BCUT2D eigenvalue weighted by molar-refractivity contribution is 8.00. The fraction of sp³-hybridized carbons (Fsp3) is 0.412. The number of amides is 1. The topological polar surface area (TPSA) is 73.6 Å². The number of thioether (sulfide) groups is 1. The van der Waals surface area contributed by atoms with Crippen LogP contribution in [0.2, 0.25) is 0 Å². The molecule has 0 aliphatic heterocycles. The maximum atomic E-state index is 12.2. The Hall–Kier alpha value is -2.15. The van der Waals surface area contributed by atoms with Crippen molar-refractivity contribution in [3.05, 3.63) is 36.1 Å². The second-order valence-electron chi connectivity index (χ2n) is 5.10. The van der Waals surface area contributed by atoms with Gasteiger partial charge in [0.05, 0.1) is 19.0 Å². The lowest BCUT2D eigenvalue weighted by atomic mass is 10.3.